The van der Waals surface area contributed by atoms with E-state index in [4.69, 9.17) is 4.74 Å². The number of nitrogens with zero attached hydrogens (tertiary/aromatic N) is 5. The maximum atomic E-state index is 13.4. The lowest BCUT2D eigenvalue weighted by Crippen LogP contribution is -2.45. The zero-order valence-electron chi connectivity index (χ0n) is 17.4. The number of nitro benzene ring substituents is 1. The Morgan fingerprint density at radius 3 is 2.81 bits per heavy atom. The van der Waals surface area contributed by atoms with Crippen molar-refractivity contribution in [3.63, 3.8) is 0 Å². The lowest BCUT2D eigenvalue weighted by molar-refractivity contribution is -0.387. The molecule has 3 heterocycles. The lowest BCUT2D eigenvalue weighted by Gasteiger charge is -2.30. The molecule has 1 aromatic heterocycles. The smallest absolute Gasteiger partial charge is 0.284 e. The second-order valence-corrected chi connectivity index (χ2v) is 11.2. The Labute approximate surface area is 189 Å². The first-order valence-corrected chi connectivity index (χ1v) is 12.8. The third-order valence-corrected chi connectivity index (χ3v) is 8.48. The number of hydrogen-bond donors (Lipinski definition) is 0. The van der Waals surface area contributed by atoms with Crippen LogP contribution in [-0.2, 0) is 21.6 Å². The maximum absolute atomic E-state index is 13.4. The second kappa shape index (κ2) is 9.16. The molecule has 2 fully saturated rings. The Morgan fingerprint density at radius 2 is 2.22 bits per heavy atom. The van der Waals surface area contributed by atoms with E-state index < -0.39 is 26.7 Å². The average molecular weight is 482 g/mol. The van der Waals surface area contributed by atoms with Gasteiger partial charge in [-0.05, 0) is 43.2 Å². The van der Waals surface area contributed by atoms with Crippen LogP contribution >= 0.6 is 11.8 Å². The molecular formula is C19H23N5O6S2. The number of benzene rings is 1. The number of aryl methyl sites for hydroxylation is 1. The van der Waals surface area contributed by atoms with Gasteiger partial charge in [-0.25, -0.2) is 8.42 Å². The van der Waals surface area contributed by atoms with Gasteiger partial charge in [-0.2, -0.15) is 0 Å². The highest BCUT2D eigenvalue weighted by Crippen LogP contribution is 2.35. The van der Waals surface area contributed by atoms with E-state index >= 15 is 0 Å². The number of amides is 1. The molecule has 0 spiro atoms. The van der Waals surface area contributed by atoms with Crippen LogP contribution in [-0.4, -0.2) is 75.7 Å². The molecule has 0 saturated carbocycles. The molecule has 2 atom stereocenters. The van der Waals surface area contributed by atoms with Crippen molar-refractivity contribution in [3.8, 4) is 0 Å². The number of hydrogen-bond acceptors (Lipinski definition) is 9. The highest BCUT2D eigenvalue weighted by Gasteiger charge is 2.37. The van der Waals surface area contributed by atoms with Crippen molar-refractivity contribution in [1.82, 2.24) is 19.7 Å². The standard InChI is InChI=1S/C19H23N5O6S2/c1-22-12-20-21-19(22)31-17-5-4-13(9-16(17)24(26)27)18(25)23(10-15-3-2-7-30-15)14-6-8-32(28,29)11-14/h4-5,9,12,14-15H,2-3,6-8,10-11H2,1H3/t14-,15-/m0/s1. The Balaban J connectivity index is 1.63. The minimum Gasteiger partial charge on any atom is -0.376 e. The predicted octanol–water partition coefficient (Wildman–Crippen LogP) is 1.68. The molecule has 2 aliphatic rings. The van der Waals surface area contributed by atoms with E-state index in [2.05, 4.69) is 10.2 Å². The molecule has 2 aliphatic heterocycles. The summed E-state index contributed by atoms with van der Waals surface area (Å²) in [5, 5.41) is 19.9. The van der Waals surface area contributed by atoms with Gasteiger partial charge >= 0.3 is 0 Å². The summed E-state index contributed by atoms with van der Waals surface area (Å²) in [6.07, 6.45) is 3.35. The molecule has 4 rings (SSSR count). The maximum Gasteiger partial charge on any atom is 0.284 e. The number of nitro groups is 1. The van der Waals surface area contributed by atoms with E-state index in [0.29, 0.717) is 23.1 Å². The molecule has 0 N–H and O–H groups in total. The SMILES string of the molecule is Cn1cnnc1Sc1ccc(C(=O)N(C[C@@H]2CCCO2)[C@H]2CCS(=O)(=O)C2)cc1[N+](=O)[O-]. The van der Waals surface area contributed by atoms with Crippen molar-refractivity contribution in [2.75, 3.05) is 24.7 Å². The van der Waals surface area contributed by atoms with Crippen LogP contribution in [0.4, 0.5) is 5.69 Å². The van der Waals surface area contributed by atoms with Gasteiger partial charge in [0.05, 0.1) is 27.4 Å². The number of aromatic nitrogens is 3. The minimum absolute atomic E-state index is 0.0282. The Kier molecular flexibility index (Phi) is 6.49. The van der Waals surface area contributed by atoms with E-state index in [0.717, 1.165) is 24.6 Å². The van der Waals surface area contributed by atoms with Gasteiger partial charge in [-0.1, -0.05) is 0 Å². The Hall–Kier alpha value is -2.51. The van der Waals surface area contributed by atoms with Gasteiger partial charge in [0, 0.05) is 37.9 Å². The van der Waals surface area contributed by atoms with Gasteiger partial charge in [0.25, 0.3) is 11.6 Å². The van der Waals surface area contributed by atoms with Crippen molar-refractivity contribution in [2.45, 2.75) is 41.5 Å². The molecule has 13 heteroatoms. The molecule has 0 bridgehead atoms. The van der Waals surface area contributed by atoms with Crippen LogP contribution in [0.25, 0.3) is 0 Å². The number of sulfone groups is 1. The number of carbonyl (C=O) groups excluding carboxylic acids is 1. The van der Waals surface area contributed by atoms with Crippen molar-refractivity contribution >= 4 is 33.2 Å². The van der Waals surface area contributed by atoms with Gasteiger partial charge in [-0.3, -0.25) is 14.9 Å². The first-order valence-electron chi connectivity index (χ1n) is 10.2. The van der Waals surface area contributed by atoms with E-state index in [-0.39, 0.29) is 35.4 Å². The third kappa shape index (κ3) is 4.94. The van der Waals surface area contributed by atoms with Crippen LogP contribution in [0.15, 0.2) is 34.6 Å². The zero-order chi connectivity index (χ0) is 22.9. The van der Waals surface area contributed by atoms with Crippen LogP contribution in [0.1, 0.15) is 29.6 Å². The largest absolute Gasteiger partial charge is 0.376 e. The summed E-state index contributed by atoms with van der Waals surface area (Å²) in [5.74, 6) is -0.505. The fraction of sp³-hybridized carbons (Fsp3) is 0.526. The monoisotopic (exact) mass is 481 g/mol. The average Bonchev–Trinajstić information content (AvgIpc) is 3.48. The molecule has 0 unspecified atom stereocenters. The number of ether oxygens (including phenoxy) is 1. The summed E-state index contributed by atoms with van der Waals surface area (Å²) >= 11 is 1.08. The molecule has 2 aromatic rings. The summed E-state index contributed by atoms with van der Waals surface area (Å²) in [6.45, 7) is 0.872. The first-order chi connectivity index (χ1) is 15.2. The van der Waals surface area contributed by atoms with Crippen LogP contribution in [0.5, 0.6) is 0 Å². The molecule has 0 radical (unpaired) electrons. The molecule has 172 valence electrons. The number of carbonyl (C=O) groups is 1. The van der Waals surface area contributed by atoms with Crippen LogP contribution in [0.3, 0.4) is 0 Å². The van der Waals surface area contributed by atoms with Crippen LogP contribution < -0.4 is 0 Å². The molecule has 11 nitrogen and oxygen atoms in total. The quantitative estimate of drug-likeness (QED) is 0.427. The van der Waals surface area contributed by atoms with Crippen molar-refractivity contribution in [1.29, 1.82) is 0 Å². The van der Waals surface area contributed by atoms with Crippen LogP contribution in [0.2, 0.25) is 0 Å². The van der Waals surface area contributed by atoms with Gasteiger partial charge in [0.2, 0.25) is 0 Å². The summed E-state index contributed by atoms with van der Waals surface area (Å²) in [5.41, 5.74) is -0.0822. The fourth-order valence-electron chi connectivity index (χ4n) is 3.94. The lowest BCUT2D eigenvalue weighted by atomic mass is 10.1. The normalized spacial score (nSPS) is 22.2. The van der Waals surface area contributed by atoms with Crippen molar-refractivity contribution in [2.24, 2.45) is 7.05 Å². The summed E-state index contributed by atoms with van der Waals surface area (Å²) in [4.78, 5) is 26.4. The Morgan fingerprint density at radius 1 is 1.41 bits per heavy atom. The minimum atomic E-state index is -3.21. The topological polar surface area (TPSA) is 138 Å². The molecule has 32 heavy (non-hydrogen) atoms. The third-order valence-electron chi connectivity index (χ3n) is 5.61. The van der Waals surface area contributed by atoms with E-state index in [1.165, 1.54) is 29.4 Å². The predicted molar refractivity (Wildman–Crippen MR) is 115 cm³/mol. The summed E-state index contributed by atoms with van der Waals surface area (Å²) < 4.78 is 31.4. The van der Waals surface area contributed by atoms with Crippen molar-refractivity contribution in [3.05, 3.63) is 40.2 Å². The molecule has 2 saturated heterocycles. The van der Waals surface area contributed by atoms with Gasteiger partial charge in [0.1, 0.15) is 6.33 Å². The molecule has 1 aromatic carbocycles. The second-order valence-electron chi connectivity index (χ2n) is 7.92. The van der Waals surface area contributed by atoms with Crippen LogP contribution in [0, 0.1) is 10.1 Å². The fourth-order valence-corrected chi connectivity index (χ4v) is 6.52. The number of rotatable bonds is 7. The zero-order valence-corrected chi connectivity index (χ0v) is 19.0. The molecular weight excluding hydrogens is 458 g/mol. The van der Waals surface area contributed by atoms with Gasteiger partial charge < -0.3 is 14.2 Å². The van der Waals surface area contributed by atoms with E-state index in [1.54, 1.807) is 11.6 Å². The highest BCUT2D eigenvalue weighted by molar-refractivity contribution is 7.99. The first kappa shape index (κ1) is 22.7. The molecule has 0 aliphatic carbocycles. The van der Waals surface area contributed by atoms with Crippen molar-refractivity contribution < 1.29 is 22.9 Å². The van der Waals surface area contributed by atoms with E-state index in [1.807, 2.05) is 0 Å². The van der Waals surface area contributed by atoms with Gasteiger partial charge in [-0.15, -0.1) is 10.2 Å². The Bertz CT molecular complexity index is 1130. The van der Waals surface area contributed by atoms with E-state index in [9.17, 15) is 23.3 Å². The summed E-state index contributed by atoms with van der Waals surface area (Å²) in [6, 6.07) is 3.82. The molecule has 1 amide bonds. The summed E-state index contributed by atoms with van der Waals surface area (Å²) in [7, 11) is -1.49. The van der Waals surface area contributed by atoms with Gasteiger partial charge in [0.15, 0.2) is 15.0 Å². The highest BCUT2D eigenvalue weighted by atomic mass is 32.2.